The Bertz CT molecular complexity index is 376. The summed E-state index contributed by atoms with van der Waals surface area (Å²) in [5.41, 5.74) is 0. The van der Waals surface area contributed by atoms with Gasteiger partial charge in [-0.05, 0) is 13.8 Å². The number of aromatic nitrogens is 2. The highest BCUT2D eigenvalue weighted by Gasteiger charge is 2.15. The highest BCUT2D eigenvalue weighted by Crippen LogP contribution is 2.18. The Hall–Kier alpha value is -0.910. The first-order valence-electron chi connectivity index (χ1n) is 5.90. The van der Waals surface area contributed by atoms with Gasteiger partial charge in [-0.2, -0.15) is 0 Å². The molecule has 0 fully saturated rings. The van der Waals surface area contributed by atoms with Gasteiger partial charge in [-0.3, -0.25) is 0 Å². The van der Waals surface area contributed by atoms with Crippen LogP contribution in [-0.4, -0.2) is 43.4 Å². The second-order valence-corrected chi connectivity index (χ2v) is 4.38. The lowest BCUT2D eigenvalue weighted by molar-refractivity contribution is 0.176. The van der Waals surface area contributed by atoms with Crippen LogP contribution in [0.15, 0.2) is 6.07 Å². The molecule has 0 aliphatic rings. The third-order valence-corrected chi connectivity index (χ3v) is 2.77. The average Bonchev–Trinajstić information content (AvgIpc) is 2.30. The molecule has 0 aliphatic carbocycles. The minimum atomic E-state index is 0.223. The molecule has 1 heterocycles. The smallest absolute Gasteiger partial charge is 0.158 e. The summed E-state index contributed by atoms with van der Waals surface area (Å²) in [5.74, 6) is 1.39. The molecule has 0 saturated heterocycles. The zero-order valence-electron chi connectivity index (χ0n) is 11.3. The van der Waals surface area contributed by atoms with Crippen LogP contribution in [0.4, 0.5) is 5.82 Å². The second-order valence-electron chi connectivity index (χ2n) is 3.99. The molecule has 0 aromatic carbocycles. The molecule has 5 nitrogen and oxygen atoms in total. The number of rotatable bonds is 7. The van der Waals surface area contributed by atoms with Crippen LogP contribution >= 0.6 is 11.6 Å². The van der Waals surface area contributed by atoms with Crippen molar-refractivity contribution in [2.75, 3.05) is 32.3 Å². The Labute approximate surface area is 113 Å². The molecular formula is C12H20ClN3O2. The van der Waals surface area contributed by atoms with Crippen LogP contribution in [-0.2, 0) is 16.1 Å². The van der Waals surface area contributed by atoms with Gasteiger partial charge in [0, 0.05) is 26.8 Å². The van der Waals surface area contributed by atoms with Crippen LogP contribution in [0.25, 0.3) is 0 Å². The van der Waals surface area contributed by atoms with Crippen molar-refractivity contribution in [2.45, 2.75) is 26.5 Å². The average molecular weight is 274 g/mol. The van der Waals surface area contributed by atoms with E-state index in [1.165, 1.54) is 0 Å². The first-order chi connectivity index (χ1) is 8.62. The molecule has 6 heteroatoms. The number of ether oxygens (including phenoxy) is 2. The molecule has 0 N–H and O–H groups in total. The minimum absolute atomic E-state index is 0.223. The summed E-state index contributed by atoms with van der Waals surface area (Å²) >= 11 is 6.00. The van der Waals surface area contributed by atoms with Crippen LogP contribution in [0.3, 0.4) is 0 Å². The summed E-state index contributed by atoms with van der Waals surface area (Å²) in [4.78, 5) is 10.7. The van der Waals surface area contributed by atoms with E-state index >= 15 is 0 Å². The predicted octanol–water partition coefficient (Wildman–Crippen LogP) is 2.14. The molecule has 0 saturated carbocycles. The number of hydrogen-bond acceptors (Lipinski definition) is 5. The molecular weight excluding hydrogens is 254 g/mol. The van der Waals surface area contributed by atoms with Gasteiger partial charge in [0.1, 0.15) is 17.6 Å². The first kappa shape index (κ1) is 15.1. The molecule has 102 valence electrons. The van der Waals surface area contributed by atoms with Crippen molar-refractivity contribution < 1.29 is 9.47 Å². The molecule has 1 aromatic rings. The van der Waals surface area contributed by atoms with Crippen LogP contribution in [0, 0.1) is 0 Å². The zero-order valence-corrected chi connectivity index (χ0v) is 12.1. The van der Waals surface area contributed by atoms with Crippen LogP contribution in [0.5, 0.6) is 0 Å². The maximum atomic E-state index is 6.00. The summed E-state index contributed by atoms with van der Waals surface area (Å²) in [6, 6.07) is 1.98. The lowest BCUT2D eigenvalue weighted by Gasteiger charge is -2.28. The van der Waals surface area contributed by atoms with Crippen LogP contribution < -0.4 is 4.90 Å². The van der Waals surface area contributed by atoms with Crippen molar-refractivity contribution in [1.29, 1.82) is 0 Å². The molecule has 0 bridgehead atoms. The quantitative estimate of drug-likeness (QED) is 0.713. The largest absolute Gasteiger partial charge is 0.383 e. The summed E-state index contributed by atoms with van der Waals surface area (Å²) in [7, 11) is 3.29. The number of anilines is 1. The number of likely N-dealkylation sites (N-methyl/N-ethyl adjacent to an activating group) is 1. The molecule has 1 rings (SSSR count). The van der Waals surface area contributed by atoms with E-state index in [-0.39, 0.29) is 6.04 Å². The van der Waals surface area contributed by atoms with Gasteiger partial charge in [0.2, 0.25) is 0 Å². The molecule has 0 aliphatic heterocycles. The SMILES string of the molecule is CCN(c1cc(Cl)nc(COC)n1)C(C)COC. The van der Waals surface area contributed by atoms with Crippen LogP contribution in [0.2, 0.25) is 5.15 Å². The second kappa shape index (κ2) is 7.51. The van der Waals surface area contributed by atoms with Gasteiger partial charge in [0.25, 0.3) is 0 Å². The fourth-order valence-corrected chi connectivity index (χ4v) is 2.02. The normalized spacial score (nSPS) is 12.5. The lowest BCUT2D eigenvalue weighted by atomic mass is 10.3. The van der Waals surface area contributed by atoms with E-state index < -0.39 is 0 Å². The highest BCUT2D eigenvalue weighted by molar-refractivity contribution is 6.29. The maximum Gasteiger partial charge on any atom is 0.158 e. The zero-order chi connectivity index (χ0) is 13.5. The first-order valence-corrected chi connectivity index (χ1v) is 6.28. The predicted molar refractivity (Wildman–Crippen MR) is 72.1 cm³/mol. The van der Waals surface area contributed by atoms with Crippen molar-refractivity contribution in [3.63, 3.8) is 0 Å². The third kappa shape index (κ3) is 4.08. The third-order valence-electron chi connectivity index (χ3n) is 2.58. The summed E-state index contributed by atoms with van der Waals surface area (Å²) in [5, 5.41) is 0.426. The molecule has 18 heavy (non-hydrogen) atoms. The summed E-state index contributed by atoms with van der Waals surface area (Å²) in [6.07, 6.45) is 0. The molecule has 1 unspecified atom stereocenters. The van der Waals surface area contributed by atoms with Gasteiger partial charge in [-0.1, -0.05) is 11.6 Å². The Morgan fingerprint density at radius 1 is 1.33 bits per heavy atom. The standard InChI is InChI=1S/C12H20ClN3O2/c1-5-16(9(2)7-17-3)12-6-10(13)14-11(15-12)8-18-4/h6,9H,5,7-8H2,1-4H3. The highest BCUT2D eigenvalue weighted by atomic mass is 35.5. The van der Waals surface area contributed by atoms with E-state index in [1.54, 1.807) is 20.3 Å². The van der Waals surface area contributed by atoms with E-state index in [4.69, 9.17) is 21.1 Å². The topological polar surface area (TPSA) is 47.5 Å². The van der Waals surface area contributed by atoms with Crippen molar-refractivity contribution in [3.8, 4) is 0 Å². The van der Waals surface area contributed by atoms with Gasteiger partial charge < -0.3 is 14.4 Å². The van der Waals surface area contributed by atoms with Crippen molar-refractivity contribution in [2.24, 2.45) is 0 Å². The van der Waals surface area contributed by atoms with Crippen molar-refractivity contribution in [1.82, 2.24) is 9.97 Å². The van der Waals surface area contributed by atoms with Gasteiger partial charge in [0.05, 0.1) is 12.6 Å². The molecule has 1 atom stereocenters. The van der Waals surface area contributed by atoms with E-state index in [0.29, 0.717) is 24.2 Å². The minimum Gasteiger partial charge on any atom is -0.383 e. The Kier molecular flexibility index (Phi) is 6.32. The molecule has 1 aromatic heterocycles. The van der Waals surface area contributed by atoms with E-state index in [2.05, 4.69) is 28.7 Å². The summed E-state index contributed by atoms with van der Waals surface area (Å²) in [6.45, 7) is 5.96. The van der Waals surface area contributed by atoms with Crippen LogP contribution in [0.1, 0.15) is 19.7 Å². The molecule has 0 amide bonds. The lowest BCUT2D eigenvalue weighted by Crippen LogP contribution is -2.37. The van der Waals surface area contributed by atoms with Gasteiger partial charge in [-0.15, -0.1) is 0 Å². The van der Waals surface area contributed by atoms with Crippen molar-refractivity contribution in [3.05, 3.63) is 17.0 Å². The molecule has 0 spiro atoms. The number of halogens is 1. The maximum absolute atomic E-state index is 6.00. The van der Waals surface area contributed by atoms with E-state index in [1.807, 2.05) is 0 Å². The monoisotopic (exact) mass is 273 g/mol. The number of hydrogen-bond donors (Lipinski definition) is 0. The van der Waals surface area contributed by atoms with Gasteiger partial charge in [0.15, 0.2) is 5.82 Å². The fourth-order valence-electron chi connectivity index (χ4n) is 1.82. The van der Waals surface area contributed by atoms with Gasteiger partial charge in [-0.25, -0.2) is 9.97 Å². The summed E-state index contributed by atoms with van der Waals surface area (Å²) < 4.78 is 10.2. The van der Waals surface area contributed by atoms with Crippen molar-refractivity contribution >= 4 is 17.4 Å². The Morgan fingerprint density at radius 3 is 2.61 bits per heavy atom. The van der Waals surface area contributed by atoms with Gasteiger partial charge >= 0.3 is 0 Å². The van der Waals surface area contributed by atoms with E-state index in [9.17, 15) is 0 Å². The molecule has 0 radical (unpaired) electrons. The Balaban J connectivity index is 2.97. The number of nitrogens with zero attached hydrogens (tertiary/aromatic N) is 3. The van der Waals surface area contributed by atoms with E-state index in [0.717, 1.165) is 12.4 Å². The Morgan fingerprint density at radius 2 is 2.06 bits per heavy atom. The fraction of sp³-hybridized carbons (Fsp3) is 0.667. The number of methoxy groups -OCH3 is 2.